The minimum atomic E-state index is -4.59. The van der Waals surface area contributed by atoms with E-state index in [4.69, 9.17) is 0 Å². The van der Waals surface area contributed by atoms with Crippen LogP contribution in [-0.4, -0.2) is 37.0 Å². The summed E-state index contributed by atoms with van der Waals surface area (Å²) in [5, 5.41) is 4.90. The van der Waals surface area contributed by atoms with Gasteiger partial charge in [-0.3, -0.25) is 9.59 Å². The Morgan fingerprint density at radius 3 is 2.52 bits per heavy atom. The van der Waals surface area contributed by atoms with Gasteiger partial charge in [-0.05, 0) is 31.5 Å². The third kappa shape index (κ3) is 6.82. The van der Waals surface area contributed by atoms with Gasteiger partial charge in [-0.25, -0.2) is 4.79 Å². The highest BCUT2D eigenvalue weighted by atomic mass is 19.4. The Labute approximate surface area is 142 Å². The van der Waals surface area contributed by atoms with Crippen molar-refractivity contribution in [2.75, 3.05) is 13.2 Å². The van der Waals surface area contributed by atoms with E-state index >= 15 is 0 Å². The van der Waals surface area contributed by atoms with Crippen molar-refractivity contribution in [1.29, 1.82) is 0 Å². The molecule has 0 unspecified atom stereocenters. The van der Waals surface area contributed by atoms with Gasteiger partial charge in [0.1, 0.15) is 6.04 Å². The van der Waals surface area contributed by atoms with Crippen molar-refractivity contribution in [2.45, 2.75) is 32.5 Å². The molecule has 25 heavy (non-hydrogen) atoms. The van der Waals surface area contributed by atoms with Gasteiger partial charge in [0.2, 0.25) is 5.91 Å². The molecule has 1 atom stereocenters. The fraction of sp³-hybridized carbons (Fsp3) is 0.438. The maximum atomic E-state index is 12.6. The van der Waals surface area contributed by atoms with E-state index in [1.54, 1.807) is 0 Å². The maximum absolute atomic E-state index is 12.6. The molecule has 138 valence electrons. The summed E-state index contributed by atoms with van der Waals surface area (Å²) < 4.78 is 42.5. The predicted octanol–water partition coefficient (Wildman–Crippen LogP) is 1.89. The van der Waals surface area contributed by atoms with E-state index < -0.39 is 36.3 Å². The highest BCUT2D eigenvalue weighted by molar-refractivity contribution is 5.92. The minimum Gasteiger partial charge on any atom is -0.452 e. The van der Waals surface area contributed by atoms with Crippen LogP contribution >= 0.6 is 0 Å². The summed E-state index contributed by atoms with van der Waals surface area (Å²) in [5.41, 5.74) is -1.32. The fourth-order valence-electron chi connectivity index (χ4n) is 1.79. The van der Waals surface area contributed by atoms with Crippen LogP contribution in [0.25, 0.3) is 0 Å². The summed E-state index contributed by atoms with van der Waals surface area (Å²) in [6.07, 6.45) is -3.85. The van der Waals surface area contributed by atoms with Gasteiger partial charge >= 0.3 is 12.1 Å². The average Bonchev–Trinajstić information content (AvgIpc) is 2.56. The van der Waals surface area contributed by atoms with Crippen molar-refractivity contribution in [3.05, 3.63) is 35.4 Å². The van der Waals surface area contributed by atoms with Gasteiger partial charge < -0.3 is 15.4 Å². The molecule has 1 aromatic carbocycles. The molecule has 0 spiro atoms. The lowest BCUT2D eigenvalue weighted by Gasteiger charge is -2.14. The lowest BCUT2D eigenvalue weighted by molar-refractivity contribution is -0.137. The number of alkyl halides is 3. The van der Waals surface area contributed by atoms with Crippen LogP contribution in [0.3, 0.4) is 0 Å². The van der Waals surface area contributed by atoms with Crippen LogP contribution in [0.1, 0.15) is 36.2 Å². The Bertz CT molecular complexity index is 632. The summed E-state index contributed by atoms with van der Waals surface area (Å²) in [6.45, 7) is 3.08. The Morgan fingerprint density at radius 2 is 1.92 bits per heavy atom. The zero-order valence-corrected chi connectivity index (χ0v) is 13.8. The van der Waals surface area contributed by atoms with Crippen LogP contribution in [0.15, 0.2) is 24.3 Å². The quantitative estimate of drug-likeness (QED) is 0.728. The molecule has 1 aromatic rings. The van der Waals surface area contributed by atoms with E-state index in [0.717, 1.165) is 24.6 Å². The molecule has 2 N–H and O–H groups in total. The lowest BCUT2D eigenvalue weighted by atomic mass is 10.1. The molecule has 0 aliphatic rings. The van der Waals surface area contributed by atoms with Crippen LogP contribution in [-0.2, 0) is 20.5 Å². The lowest BCUT2D eigenvalue weighted by Crippen LogP contribution is -2.46. The van der Waals surface area contributed by atoms with Crippen molar-refractivity contribution in [2.24, 2.45) is 0 Å². The van der Waals surface area contributed by atoms with Gasteiger partial charge in [-0.15, -0.1) is 0 Å². The standard InChI is InChI=1S/C16H19F3N2O4/c1-3-7-20-14(23)10(2)21-13(22)9-25-15(24)11-5-4-6-12(8-11)16(17,18)19/h4-6,8,10H,3,7,9H2,1-2H3,(H,20,23)(H,21,22)/t10-/m0/s1. The van der Waals surface area contributed by atoms with Crippen molar-refractivity contribution in [3.63, 3.8) is 0 Å². The van der Waals surface area contributed by atoms with Crippen LogP contribution in [0.5, 0.6) is 0 Å². The number of hydrogen-bond donors (Lipinski definition) is 2. The Balaban J connectivity index is 2.53. The first kappa shape index (κ1) is 20.5. The van der Waals surface area contributed by atoms with E-state index in [0.29, 0.717) is 12.6 Å². The Morgan fingerprint density at radius 1 is 1.24 bits per heavy atom. The summed E-state index contributed by atoms with van der Waals surface area (Å²) in [6, 6.07) is 2.85. The number of nitrogens with one attached hydrogen (secondary N) is 2. The molecule has 0 aliphatic heterocycles. The predicted molar refractivity (Wildman–Crippen MR) is 82.6 cm³/mol. The van der Waals surface area contributed by atoms with Crippen LogP contribution in [0.4, 0.5) is 13.2 Å². The molecule has 0 bridgehead atoms. The van der Waals surface area contributed by atoms with Gasteiger partial charge in [0.15, 0.2) is 6.61 Å². The highest BCUT2D eigenvalue weighted by Crippen LogP contribution is 2.29. The average molecular weight is 360 g/mol. The van der Waals surface area contributed by atoms with Gasteiger partial charge in [0.05, 0.1) is 11.1 Å². The van der Waals surface area contributed by atoms with Gasteiger partial charge in [-0.2, -0.15) is 13.2 Å². The molecule has 0 fully saturated rings. The first-order valence-corrected chi connectivity index (χ1v) is 7.56. The first-order valence-electron chi connectivity index (χ1n) is 7.56. The molecule has 0 aliphatic carbocycles. The molecular formula is C16H19F3N2O4. The van der Waals surface area contributed by atoms with Crippen molar-refractivity contribution in [1.82, 2.24) is 10.6 Å². The van der Waals surface area contributed by atoms with Crippen LogP contribution < -0.4 is 10.6 Å². The van der Waals surface area contributed by atoms with E-state index in [9.17, 15) is 27.6 Å². The molecule has 0 saturated carbocycles. The number of ether oxygens (including phenoxy) is 1. The number of carbonyl (C=O) groups excluding carboxylic acids is 3. The molecule has 0 aromatic heterocycles. The largest absolute Gasteiger partial charge is 0.452 e. The number of halogens is 3. The number of benzene rings is 1. The second-order valence-electron chi connectivity index (χ2n) is 5.23. The molecule has 0 radical (unpaired) electrons. The molecule has 6 nitrogen and oxygen atoms in total. The summed E-state index contributed by atoms with van der Waals surface area (Å²) in [4.78, 5) is 35.0. The molecule has 0 saturated heterocycles. The monoisotopic (exact) mass is 360 g/mol. The Hall–Kier alpha value is -2.58. The van der Waals surface area contributed by atoms with Gasteiger partial charge in [-0.1, -0.05) is 13.0 Å². The van der Waals surface area contributed by atoms with E-state index in [1.807, 2.05) is 6.92 Å². The van der Waals surface area contributed by atoms with E-state index in [1.165, 1.54) is 6.92 Å². The molecule has 2 amide bonds. The second-order valence-corrected chi connectivity index (χ2v) is 5.23. The maximum Gasteiger partial charge on any atom is 0.416 e. The number of amides is 2. The Kier molecular flexibility index (Phi) is 7.41. The summed E-state index contributed by atoms with van der Waals surface area (Å²) >= 11 is 0. The summed E-state index contributed by atoms with van der Waals surface area (Å²) in [7, 11) is 0. The van der Waals surface area contributed by atoms with E-state index in [-0.39, 0.29) is 11.5 Å². The number of carbonyl (C=O) groups is 3. The smallest absolute Gasteiger partial charge is 0.416 e. The first-order chi connectivity index (χ1) is 11.6. The molecular weight excluding hydrogens is 341 g/mol. The third-order valence-corrected chi connectivity index (χ3v) is 3.08. The van der Waals surface area contributed by atoms with Crippen molar-refractivity contribution < 1.29 is 32.3 Å². The number of esters is 1. The topological polar surface area (TPSA) is 84.5 Å². The second kappa shape index (κ2) is 9.05. The number of hydrogen-bond acceptors (Lipinski definition) is 4. The third-order valence-electron chi connectivity index (χ3n) is 3.08. The number of rotatable bonds is 7. The fourth-order valence-corrected chi connectivity index (χ4v) is 1.79. The van der Waals surface area contributed by atoms with Gasteiger partial charge in [0.25, 0.3) is 5.91 Å². The van der Waals surface area contributed by atoms with Crippen molar-refractivity contribution >= 4 is 17.8 Å². The normalized spacial score (nSPS) is 12.2. The summed E-state index contributed by atoms with van der Waals surface area (Å²) in [5.74, 6) is -2.19. The molecule has 1 rings (SSSR count). The van der Waals surface area contributed by atoms with Gasteiger partial charge in [0, 0.05) is 6.54 Å². The van der Waals surface area contributed by atoms with E-state index in [2.05, 4.69) is 15.4 Å². The zero-order valence-electron chi connectivity index (χ0n) is 13.8. The highest BCUT2D eigenvalue weighted by Gasteiger charge is 2.31. The SMILES string of the molecule is CCCNC(=O)[C@H](C)NC(=O)COC(=O)c1cccc(C(F)(F)F)c1. The molecule has 0 heterocycles. The zero-order chi connectivity index (χ0) is 19.0. The minimum absolute atomic E-state index is 0.323. The molecule has 9 heteroatoms. The van der Waals surface area contributed by atoms with Crippen molar-refractivity contribution in [3.8, 4) is 0 Å². The van der Waals surface area contributed by atoms with Crippen LogP contribution in [0, 0.1) is 0 Å². The van der Waals surface area contributed by atoms with Crippen LogP contribution in [0.2, 0.25) is 0 Å².